The van der Waals surface area contributed by atoms with Gasteiger partial charge in [0.15, 0.2) is 0 Å². The Morgan fingerprint density at radius 3 is 2.43 bits per heavy atom. The van der Waals surface area contributed by atoms with Crippen LogP contribution in [0.5, 0.6) is 0 Å². The lowest BCUT2D eigenvalue weighted by molar-refractivity contribution is -0.146. The Labute approximate surface area is 136 Å². The third-order valence-electron chi connectivity index (χ3n) is 2.85. The van der Waals surface area contributed by atoms with E-state index in [4.69, 9.17) is 0 Å². The number of aromatic nitrogens is 1. The predicted octanol–water partition coefficient (Wildman–Crippen LogP) is 2.51. The summed E-state index contributed by atoms with van der Waals surface area (Å²) in [5, 5.41) is 2.82. The number of nitrogens with one attached hydrogen (secondary N) is 1. The SMILES string of the molecule is COC(=O)C(NC(=O)CSc1ccc(C(F)(F)F)cn1)C(C)C. The molecule has 0 aliphatic rings. The van der Waals surface area contributed by atoms with Gasteiger partial charge in [0.1, 0.15) is 6.04 Å². The molecule has 23 heavy (non-hydrogen) atoms. The molecule has 1 aromatic rings. The van der Waals surface area contributed by atoms with Crippen LogP contribution in [0, 0.1) is 5.92 Å². The maximum atomic E-state index is 12.4. The summed E-state index contributed by atoms with van der Waals surface area (Å²) in [6.07, 6.45) is -3.73. The Morgan fingerprint density at radius 1 is 1.35 bits per heavy atom. The monoisotopic (exact) mass is 350 g/mol. The molecule has 0 fully saturated rings. The smallest absolute Gasteiger partial charge is 0.417 e. The van der Waals surface area contributed by atoms with Crippen molar-refractivity contribution in [1.29, 1.82) is 0 Å². The fraction of sp³-hybridized carbons (Fsp3) is 0.500. The number of amides is 1. The van der Waals surface area contributed by atoms with Gasteiger partial charge in [-0.2, -0.15) is 13.2 Å². The van der Waals surface area contributed by atoms with Crippen LogP contribution in [0.15, 0.2) is 23.4 Å². The quantitative estimate of drug-likeness (QED) is 0.631. The van der Waals surface area contributed by atoms with Crippen LogP contribution in [0.1, 0.15) is 19.4 Å². The highest BCUT2D eigenvalue weighted by Gasteiger charge is 2.30. The van der Waals surface area contributed by atoms with E-state index in [1.54, 1.807) is 13.8 Å². The zero-order chi connectivity index (χ0) is 17.6. The molecule has 1 amide bonds. The van der Waals surface area contributed by atoms with E-state index in [2.05, 4.69) is 15.0 Å². The van der Waals surface area contributed by atoms with E-state index in [-0.39, 0.29) is 16.7 Å². The van der Waals surface area contributed by atoms with E-state index in [1.807, 2.05) is 0 Å². The first kappa shape index (κ1) is 19.3. The molecule has 1 rings (SSSR count). The Morgan fingerprint density at radius 2 is 2.00 bits per heavy atom. The third kappa shape index (κ3) is 6.09. The second-order valence-electron chi connectivity index (χ2n) is 4.98. The molecular weight excluding hydrogens is 333 g/mol. The molecule has 0 radical (unpaired) electrons. The van der Waals surface area contributed by atoms with Crippen molar-refractivity contribution in [2.75, 3.05) is 12.9 Å². The Balaban J connectivity index is 2.57. The minimum Gasteiger partial charge on any atom is -0.467 e. The normalized spacial score (nSPS) is 12.8. The molecule has 0 aliphatic carbocycles. The molecule has 0 aliphatic heterocycles. The van der Waals surface area contributed by atoms with Crippen LogP contribution < -0.4 is 5.32 Å². The molecule has 0 spiro atoms. The van der Waals surface area contributed by atoms with Gasteiger partial charge in [-0.1, -0.05) is 25.6 Å². The zero-order valence-electron chi connectivity index (χ0n) is 12.8. The zero-order valence-corrected chi connectivity index (χ0v) is 13.6. The topological polar surface area (TPSA) is 68.3 Å². The number of thioether (sulfide) groups is 1. The number of halogens is 3. The van der Waals surface area contributed by atoms with Crippen molar-refractivity contribution in [2.45, 2.75) is 31.1 Å². The third-order valence-corrected chi connectivity index (χ3v) is 3.80. The van der Waals surface area contributed by atoms with Crippen LogP contribution in [0.3, 0.4) is 0 Å². The average Bonchev–Trinajstić information content (AvgIpc) is 2.49. The number of esters is 1. The number of carbonyl (C=O) groups excluding carboxylic acids is 2. The van der Waals surface area contributed by atoms with E-state index in [9.17, 15) is 22.8 Å². The molecule has 0 saturated carbocycles. The van der Waals surface area contributed by atoms with Crippen molar-refractivity contribution < 1.29 is 27.5 Å². The van der Waals surface area contributed by atoms with Crippen LogP contribution in [0.4, 0.5) is 13.2 Å². The number of alkyl halides is 3. The molecule has 1 heterocycles. The first-order valence-electron chi connectivity index (χ1n) is 6.68. The Bertz CT molecular complexity index is 547. The van der Waals surface area contributed by atoms with Crippen molar-refractivity contribution in [1.82, 2.24) is 10.3 Å². The summed E-state index contributed by atoms with van der Waals surface area (Å²) in [5.74, 6) is -1.20. The van der Waals surface area contributed by atoms with E-state index in [0.29, 0.717) is 6.20 Å². The number of hydrogen-bond acceptors (Lipinski definition) is 5. The molecule has 1 atom stereocenters. The summed E-state index contributed by atoms with van der Waals surface area (Å²) < 4.78 is 41.8. The summed E-state index contributed by atoms with van der Waals surface area (Å²) in [6, 6.07) is 1.33. The van der Waals surface area contributed by atoms with Crippen LogP contribution in [-0.4, -0.2) is 35.8 Å². The molecule has 1 unspecified atom stereocenters. The van der Waals surface area contributed by atoms with Crippen molar-refractivity contribution in [3.8, 4) is 0 Å². The van der Waals surface area contributed by atoms with Gasteiger partial charge in [-0.05, 0) is 18.1 Å². The molecule has 1 N–H and O–H groups in total. The number of ether oxygens (including phenoxy) is 1. The van der Waals surface area contributed by atoms with Gasteiger partial charge in [-0.15, -0.1) is 0 Å². The van der Waals surface area contributed by atoms with E-state index in [0.717, 1.165) is 17.8 Å². The van der Waals surface area contributed by atoms with Crippen LogP contribution >= 0.6 is 11.8 Å². The van der Waals surface area contributed by atoms with Gasteiger partial charge in [0.2, 0.25) is 5.91 Å². The standard InChI is InChI=1S/C14H17F3N2O3S/c1-8(2)12(13(21)22-3)19-10(20)7-23-11-5-4-9(6-18-11)14(15,16)17/h4-6,8,12H,7H2,1-3H3,(H,19,20). The van der Waals surface area contributed by atoms with Crippen molar-refractivity contribution >= 4 is 23.6 Å². The van der Waals surface area contributed by atoms with Gasteiger partial charge < -0.3 is 10.1 Å². The summed E-state index contributed by atoms with van der Waals surface area (Å²) in [5.41, 5.74) is -0.850. The second-order valence-corrected chi connectivity index (χ2v) is 5.98. The molecule has 9 heteroatoms. The highest BCUT2D eigenvalue weighted by molar-refractivity contribution is 7.99. The number of hydrogen-bond donors (Lipinski definition) is 1. The highest BCUT2D eigenvalue weighted by atomic mass is 32.2. The van der Waals surface area contributed by atoms with E-state index < -0.39 is 29.7 Å². The fourth-order valence-corrected chi connectivity index (χ4v) is 2.27. The molecule has 0 aromatic carbocycles. The van der Waals surface area contributed by atoms with Gasteiger partial charge in [-0.3, -0.25) is 4.79 Å². The van der Waals surface area contributed by atoms with Crippen LogP contribution in [0.25, 0.3) is 0 Å². The Hall–Kier alpha value is -1.77. The number of carbonyl (C=O) groups is 2. The maximum Gasteiger partial charge on any atom is 0.417 e. The number of nitrogens with zero attached hydrogens (tertiary/aromatic N) is 1. The summed E-state index contributed by atoms with van der Waals surface area (Å²) in [4.78, 5) is 27.0. The summed E-state index contributed by atoms with van der Waals surface area (Å²) >= 11 is 0.978. The van der Waals surface area contributed by atoms with Crippen molar-refractivity contribution in [2.24, 2.45) is 5.92 Å². The minimum atomic E-state index is -4.45. The molecule has 0 bridgehead atoms. The minimum absolute atomic E-state index is 0.0709. The molecule has 1 aromatic heterocycles. The van der Waals surface area contributed by atoms with Crippen molar-refractivity contribution in [3.63, 3.8) is 0 Å². The average molecular weight is 350 g/mol. The molecular formula is C14H17F3N2O3S. The lowest BCUT2D eigenvalue weighted by Gasteiger charge is -2.19. The molecule has 0 saturated heterocycles. The van der Waals surface area contributed by atoms with E-state index >= 15 is 0 Å². The van der Waals surface area contributed by atoms with E-state index in [1.165, 1.54) is 13.2 Å². The maximum absolute atomic E-state index is 12.4. The summed E-state index contributed by atoms with van der Waals surface area (Å²) in [7, 11) is 1.23. The number of methoxy groups -OCH3 is 1. The predicted molar refractivity (Wildman–Crippen MR) is 78.7 cm³/mol. The first-order valence-corrected chi connectivity index (χ1v) is 7.67. The summed E-state index contributed by atoms with van der Waals surface area (Å²) in [6.45, 7) is 3.51. The van der Waals surface area contributed by atoms with Gasteiger partial charge in [0.25, 0.3) is 0 Å². The lowest BCUT2D eigenvalue weighted by Crippen LogP contribution is -2.45. The second kappa shape index (κ2) is 8.19. The van der Waals surface area contributed by atoms with Gasteiger partial charge >= 0.3 is 12.1 Å². The van der Waals surface area contributed by atoms with Crippen molar-refractivity contribution in [3.05, 3.63) is 23.9 Å². The number of rotatable bonds is 6. The molecule has 128 valence electrons. The van der Waals surface area contributed by atoms with Gasteiger partial charge in [0.05, 0.1) is 23.5 Å². The van der Waals surface area contributed by atoms with Crippen LogP contribution in [0.2, 0.25) is 0 Å². The largest absolute Gasteiger partial charge is 0.467 e. The van der Waals surface area contributed by atoms with Crippen LogP contribution in [-0.2, 0) is 20.5 Å². The molecule has 5 nitrogen and oxygen atoms in total. The van der Waals surface area contributed by atoms with Gasteiger partial charge in [0, 0.05) is 6.20 Å². The highest BCUT2D eigenvalue weighted by Crippen LogP contribution is 2.29. The Kier molecular flexibility index (Phi) is 6.86. The number of pyridine rings is 1. The lowest BCUT2D eigenvalue weighted by atomic mass is 10.1. The van der Waals surface area contributed by atoms with Gasteiger partial charge in [-0.25, -0.2) is 9.78 Å². The first-order chi connectivity index (χ1) is 10.6. The fourth-order valence-electron chi connectivity index (χ4n) is 1.61.